The minimum Gasteiger partial charge on any atom is -0.445 e. The van der Waals surface area contributed by atoms with Crippen LogP contribution in [0, 0.1) is 34.5 Å². The Kier molecular flexibility index (Phi) is 4.22. The van der Waals surface area contributed by atoms with Crippen LogP contribution in [0.3, 0.4) is 0 Å². The molecule has 6 rings (SSSR count). The van der Waals surface area contributed by atoms with Gasteiger partial charge in [-0.2, -0.15) is 0 Å². The molecule has 0 saturated heterocycles. The van der Waals surface area contributed by atoms with Gasteiger partial charge in [0.15, 0.2) is 11.4 Å². The van der Waals surface area contributed by atoms with E-state index in [0.29, 0.717) is 30.4 Å². The summed E-state index contributed by atoms with van der Waals surface area (Å²) in [5, 5.41) is 37.0. The molecule has 1 aliphatic heterocycles. The van der Waals surface area contributed by atoms with Crippen LogP contribution >= 0.6 is 0 Å². The van der Waals surface area contributed by atoms with Crippen LogP contribution in [0.15, 0.2) is 34.9 Å². The van der Waals surface area contributed by atoms with Crippen molar-refractivity contribution < 1.29 is 29.6 Å². The van der Waals surface area contributed by atoms with Crippen molar-refractivity contribution in [2.75, 3.05) is 0 Å². The first-order valence-electron chi connectivity index (χ1n) is 12.8. The smallest absolute Gasteiger partial charge is 0.334 e. The van der Waals surface area contributed by atoms with E-state index in [4.69, 9.17) is 4.74 Å². The molecule has 3 fully saturated rings. The Morgan fingerprint density at radius 2 is 1.82 bits per heavy atom. The van der Waals surface area contributed by atoms with Gasteiger partial charge < -0.3 is 20.1 Å². The summed E-state index contributed by atoms with van der Waals surface area (Å²) in [5.74, 6) is -1.22. The summed E-state index contributed by atoms with van der Waals surface area (Å²) in [5.41, 5.74) is -4.42. The number of esters is 1. The number of carbonyl (C=O) groups excluding carboxylic acids is 2. The number of hydrogen-bond acceptors (Lipinski definition) is 6. The van der Waals surface area contributed by atoms with Crippen LogP contribution in [0.25, 0.3) is 0 Å². The van der Waals surface area contributed by atoms with E-state index in [9.17, 15) is 24.9 Å². The summed E-state index contributed by atoms with van der Waals surface area (Å²) in [6.45, 7) is 9.20. The van der Waals surface area contributed by atoms with Gasteiger partial charge in [-0.3, -0.25) is 4.79 Å². The summed E-state index contributed by atoms with van der Waals surface area (Å²) < 4.78 is 6.04. The van der Waals surface area contributed by atoms with Crippen molar-refractivity contribution >= 4 is 11.8 Å². The minimum absolute atomic E-state index is 0.0470. The van der Waals surface area contributed by atoms with Crippen molar-refractivity contribution in [2.45, 2.75) is 89.6 Å². The molecular weight excluding hydrogens is 432 g/mol. The molecule has 10 atom stereocenters. The Bertz CT molecular complexity index is 1120. The Labute approximate surface area is 200 Å². The summed E-state index contributed by atoms with van der Waals surface area (Å²) in [6, 6.07) is 0. The van der Waals surface area contributed by atoms with Crippen molar-refractivity contribution in [3.63, 3.8) is 0 Å². The Hall–Kier alpha value is -1.76. The Morgan fingerprint density at radius 1 is 1.12 bits per heavy atom. The number of aliphatic hydroxyl groups excluding tert-OH is 1. The molecule has 1 heterocycles. The predicted octanol–water partition coefficient (Wildman–Crippen LogP) is 3.01. The van der Waals surface area contributed by atoms with E-state index < -0.39 is 45.6 Å². The number of allylic oxidation sites excluding steroid dienone is 4. The van der Waals surface area contributed by atoms with E-state index in [0.717, 1.165) is 12.0 Å². The van der Waals surface area contributed by atoms with E-state index in [2.05, 4.69) is 6.08 Å². The fourth-order valence-electron chi connectivity index (χ4n) is 9.81. The molecular formula is C28H36O6. The normalized spacial score (nSPS) is 55.6. The molecule has 0 radical (unpaired) electrons. The number of aliphatic hydroxyl groups is 3. The molecule has 3 saturated carbocycles. The third-order valence-corrected chi connectivity index (χ3v) is 12.0. The number of rotatable bonds is 0. The third kappa shape index (κ3) is 1.98. The molecule has 0 unspecified atom stereocenters. The third-order valence-electron chi connectivity index (χ3n) is 12.0. The van der Waals surface area contributed by atoms with Crippen molar-refractivity contribution in [1.82, 2.24) is 0 Å². The zero-order valence-electron chi connectivity index (χ0n) is 20.7. The standard InChI is InChI=1S/C28H36O6/c1-14-15(2)28(34-23(14)31)22(30)16(3)26(32)12-11-19-18-10-9-17-7-6-8-21(29)24(17,4)20(18)13-27(28,33)25(19,26)5/h6,8-9,16,18-20,22,30,32-33H,7,10-13H2,1-5H3/t16-,18+,19+,20+,22-,24+,25+,26-,27-,28+/m1/s1. The second kappa shape index (κ2) is 6.32. The predicted molar refractivity (Wildman–Crippen MR) is 124 cm³/mol. The maximum Gasteiger partial charge on any atom is 0.334 e. The largest absolute Gasteiger partial charge is 0.445 e. The lowest BCUT2D eigenvalue weighted by Gasteiger charge is -2.71. The molecule has 0 amide bonds. The van der Waals surface area contributed by atoms with E-state index >= 15 is 0 Å². The lowest BCUT2D eigenvalue weighted by molar-refractivity contribution is -0.356. The lowest BCUT2D eigenvalue weighted by atomic mass is 9.36. The average molecular weight is 469 g/mol. The molecule has 3 N–H and O–H groups in total. The van der Waals surface area contributed by atoms with Crippen LogP contribution in [0.2, 0.25) is 0 Å². The van der Waals surface area contributed by atoms with Gasteiger partial charge in [0.2, 0.25) is 0 Å². The summed E-state index contributed by atoms with van der Waals surface area (Å²) >= 11 is 0. The quantitative estimate of drug-likeness (QED) is 0.373. The summed E-state index contributed by atoms with van der Waals surface area (Å²) in [6.07, 6.45) is 7.40. The summed E-state index contributed by atoms with van der Waals surface area (Å²) in [4.78, 5) is 26.3. The van der Waals surface area contributed by atoms with E-state index in [1.807, 2.05) is 26.8 Å². The van der Waals surface area contributed by atoms with Gasteiger partial charge in [-0.25, -0.2) is 4.79 Å². The molecule has 6 heteroatoms. The summed E-state index contributed by atoms with van der Waals surface area (Å²) in [7, 11) is 0. The van der Waals surface area contributed by atoms with Gasteiger partial charge in [0, 0.05) is 16.9 Å². The molecule has 0 aromatic heterocycles. The second-order valence-corrected chi connectivity index (χ2v) is 12.4. The Morgan fingerprint density at radius 3 is 2.47 bits per heavy atom. The second-order valence-electron chi connectivity index (χ2n) is 12.4. The average Bonchev–Trinajstić information content (AvgIpc) is 3.21. The zero-order valence-corrected chi connectivity index (χ0v) is 20.7. The number of fused-ring (bicyclic) bond motifs is 5. The van der Waals surface area contributed by atoms with Gasteiger partial charge in [0.05, 0.1) is 11.0 Å². The van der Waals surface area contributed by atoms with Crippen molar-refractivity contribution in [3.05, 3.63) is 34.9 Å². The van der Waals surface area contributed by atoms with Crippen molar-refractivity contribution in [1.29, 1.82) is 0 Å². The molecule has 6 nitrogen and oxygen atoms in total. The van der Waals surface area contributed by atoms with Crippen LogP contribution in [-0.4, -0.2) is 50.0 Å². The highest BCUT2D eigenvalue weighted by Gasteiger charge is 2.85. The fourth-order valence-corrected chi connectivity index (χ4v) is 9.81. The lowest BCUT2D eigenvalue weighted by Crippen LogP contribution is -2.84. The number of hydrogen-bond donors (Lipinski definition) is 3. The fraction of sp³-hybridized carbons (Fsp3) is 0.714. The van der Waals surface area contributed by atoms with E-state index in [1.165, 1.54) is 0 Å². The van der Waals surface area contributed by atoms with Gasteiger partial charge >= 0.3 is 5.97 Å². The van der Waals surface area contributed by atoms with Crippen LogP contribution in [0.4, 0.5) is 0 Å². The van der Waals surface area contributed by atoms with Gasteiger partial charge in [-0.1, -0.05) is 31.6 Å². The molecule has 5 aliphatic carbocycles. The highest BCUT2D eigenvalue weighted by atomic mass is 16.6. The van der Waals surface area contributed by atoms with Crippen LogP contribution in [0.5, 0.6) is 0 Å². The van der Waals surface area contributed by atoms with E-state index in [-0.39, 0.29) is 30.0 Å². The first-order valence-corrected chi connectivity index (χ1v) is 12.8. The van der Waals surface area contributed by atoms with Crippen LogP contribution in [0.1, 0.15) is 66.7 Å². The van der Waals surface area contributed by atoms with Gasteiger partial charge in [0.1, 0.15) is 11.7 Å². The van der Waals surface area contributed by atoms with Gasteiger partial charge in [0.25, 0.3) is 0 Å². The van der Waals surface area contributed by atoms with Crippen LogP contribution < -0.4 is 0 Å². The molecule has 1 spiro atoms. The van der Waals surface area contributed by atoms with E-state index in [1.54, 1.807) is 19.9 Å². The molecule has 0 bridgehead atoms. The zero-order chi connectivity index (χ0) is 24.6. The molecule has 34 heavy (non-hydrogen) atoms. The topological polar surface area (TPSA) is 104 Å². The first kappa shape index (κ1) is 22.7. The highest BCUT2D eigenvalue weighted by molar-refractivity contribution is 5.98. The van der Waals surface area contributed by atoms with Crippen molar-refractivity contribution in [2.24, 2.45) is 34.5 Å². The van der Waals surface area contributed by atoms with Gasteiger partial charge in [-0.15, -0.1) is 0 Å². The van der Waals surface area contributed by atoms with Crippen LogP contribution in [-0.2, 0) is 14.3 Å². The maximum atomic E-state index is 13.4. The molecule has 184 valence electrons. The SMILES string of the molecule is CC1=C(C)[C@]2(OC1=O)[C@H](O)[C@@H](C)[C@]1(O)CC[C@H]3[C@@H]4CC=C5CC=CC(=O)[C@]5(C)[C@H]4C[C@@]2(O)[C@@]31C. The van der Waals surface area contributed by atoms with Gasteiger partial charge in [-0.05, 0) is 82.3 Å². The highest BCUT2D eigenvalue weighted by Crippen LogP contribution is 2.76. The van der Waals surface area contributed by atoms with Crippen molar-refractivity contribution in [3.8, 4) is 0 Å². The number of ether oxygens (including phenoxy) is 1. The molecule has 0 aromatic carbocycles. The number of carbonyl (C=O) groups is 2. The molecule has 6 aliphatic rings. The Balaban J connectivity index is 1.63. The first-order chi connectivity index (χ1) is 15.8. The maximum absolute atomic E-state index is 13.4. The minimum atomic E-state index is -1.73. The molecule has 0 aromatic rings. The number of ketones is 1. The monoisotopic (exact) mass is 468 g/mol.